The van der Waals surface area contributed by atoms with E-state index in [4.69, 9.17) is 9.47 Å². The Morgan fingerprint density at radius 2 is 1.82 bits per heavy atom. The Morgan fingerprint density at radius 1 is 1.15 bits per heavy atom. The molecule has 1 aromatic heterocycles. The molecule has 0 aliphatic carbocycles. The fraction of sp³-hybridized carbons (Fsp3) is 0.304. The number of methoxy groups -OCH3 is 1. The summed E-state index contributed by atoms with van der Waals surface area (Å²) >= 11 is 0. The molecule has 2 aromatic rings. The molecule has 10 heteroatoms. The van der Waals surface area contributed by atoms with Crippen LogP contribution in [0.15, 0.2) is 71.6 Å². The summed E-state index contributed by atoms with van der Waals surface area (Å²) < 4.78 is 12.4. The molecule has 3 rings (SSSR count). The Morgan fingerprint density at radius 3 is 2.45 bits per heavy atom. The predicted octanol–water partition coefficient (Wildman–Crippen LogP) is 2.32. The number of benzene rings is 1. The summed E-state index contributed by atoms with van der Waals surface area (Å²) in [6, 6.07) is 5.86. The van der Waals surface area contributed by atoms with E-state index >= 15 is 0 Å². The Bertz CT molecular complexity index is 1130. The highest BCUT2D eigenvalue weighted by atomic mass is 16.6. The first-order valence-corrected chi connectivity index (χ1v) is 10.3. The second kappa shape index (κ2) is 10.5. The topological polar surface area (TPSA) is 125 Å². The van der Waals surface area contributed by atoms with Gasteiger partial charge in [-0.2, -0.15) is 0 Å². The molecule has 1 N–H and O–H groups in total. The molecule has 1 aliphatic rings. The van der Waals surface area contributed by atoms with E-state index in [1.165, 1.54) is 25.3 Å². The number of hydrogen-bond acceptors (Lipinski definition) is 8. The standard InChI is InChI=1S/C23H24N4O6/c1-15-19(22(28)32-3)21(17-6-4-7-18(14-17)27(30)31)20(16(2)25-15)23(29)33-13-5-10-26-11-8-24-9-12-26/h4,6-9,11-12,14,21H,5,10,13H2,1-3H3/p+1. The molecule has 33 heavy (non-hydrogen) atoms. The molecule has 0 spiro atoms. The van der Waals surface area contributed by atoms with Gasteiger partial charge in [0.25, 0.3) is 5.69 Å². The molecular formula is C23H25N4O6+. The van der Waals surface area contributed by atoms with Crippen LogP contribution in [0.2, 0.25) is 0 Å². The lowest BCUT2D eigenvalue weighted by molar-refractivity contribution is -0.698. The summed E-state index contributed by atoms with van der Waals surface area (Å²) in [7, 11) is 1.24. The van der Waals surface area contributed by atoms with Crippen molar-refractivity contribution >= 4 is 17.6 Å². The molecule has 0 saturated carbocycles. The van der Waals surface area contributed by atoms with Crippen LogP contribution in [0.1, 0.15) is 31.7 Å². The predicted molar refractivity (Wildman–Crippen MR) is 116 cm³/mol. The average molecular weight is 453 g/mol. The van der Waals surface area contributed by atoms with Crippen LogP contribution in [-0.2, 0) is 25.6 Å². The number of allylic oxidation sites excluding steroid dienone is 2. The number of nitrogens with one attached hydrogen (secondary N) is 1. The number of nitro groups is 1. The van der Waals surface area contributed by atoms with Crippen LogP contribution in [0.4, 0.5) is 5.69 Å². The van der Waals surface area contributed by atoms with E-state index in [2.05, 4.69) is 10.3 Å². The number of esters is 2. The third kappa shape index (κ3) is 5.40. The fourth-order valence-electron chi connectivity index (χ4n) is 3.78. The van der Waals surface area contributed by atoms with Crippen molar-refractivity contribution < 1.29 is 28.6 Å². The Kier molecular flexibility index (Phi) is 7.50. The number of carbonyl (C=O) groups is 2. The molecule has 1 unspecified atom stereocenters. The number of nitro benzene ring substituents is 1. The minimum atomic E-state index is -0.874. The Labute approximate surface area is 190 Å². The monoisotopic (exact) mass is 453 g/mol. The number of aromatic nitrogens is 2. The minimum Gasteiger partial charge on any atom is -0.466 e. The minimum absolute atomic E-state index is 0.146. The van der Waals surface area contributed by atoms with Crippen LogP contribution in [0, 0.1) is 10.1 Å². The Hall–Kier alpha value is -4.08. The van der Waals surface area contributed by atoms with E-state index in [0.29, 0.717) is 29.9 Å². The number of ether oxygens (including phenoxy) is 2. The lowest BCUT2D eigenvalue weighted by atomic mass is 9.80. The highest BCUT2D eigenvalue weighted by Crippen LogP contribution is 2.40. The van der Waals surface area contributed by atoms with Crippen molar-refractivity contribution in [1.29, 1.82) is 0 Å². The summed E-state index contributed by atoms with van der Waals surface area (Å²) in [5, 5.41) is 14.4. The molecule has 2 heterocycles. The lowest BCUT2D eigenvalue weighted by Crippen LogP contribution is -2.34. The van der Waals surface area contributed by atoms with Gasteiger partial charge in [-0.25, -0.2) is 14.2 Å². The second-order valence-electron chi connectivity index (χ2n) is 7.45. The number of non-ortho nitro benzene ring substituents is 1. The summed E-state index contributed by atoms with van der Waals surface area (Å²) in [5.74, 6) is -2.12. The molecule has 1 aliphatic heterocycles. The van der Waals surface area contributed by atoms with Crippen molar-refractivity contribution in [2.45, 2.75) is 32.7 Å². The maximum absolute atomic E-state index is 13.1. The summed E-state index contributed by atoms with van der Waals surface area (Å²) in [5.41, 5.74) is 1.68. The number of rotatable bonds is 8. The van der Waals surface area contributed by atoms with Crippen molar-refractivity contribution in [3.8, 4) is 0 Å². The van der Waals surface area contributed by atoms with Gasteiger partial charge >= 0.3 is 11.9 Å². The first kappa shape index (κ1) is 23.6. The van der Waals surface area contributed by atoms with Crippen LogP contribution in [0.3, 0.4) is 0 Å². The van der Waals surface area contributed by atoms with Gasteiger partial charge in [-0.05, 0) is 19.4 Å². The van der Waals surface area contributed by atoms with Gasteiger partial charge < -0.3 is 14.8 Å². The largest absolute Gasteiger partial charge is 0.466 e. The third-order valence-electron chi connectivity index (χ3n) is 5.28. The van der Waals surface area contributed by atoms with Gasteiger partial charge in [-0.1, -0.05) is 12.1 Å². The van der Waals surface area contributed by atoms with E-state index in [-0.39, 0.29) is 23.4 Å². The molecule has 1 aromatic carbocycles. The molecule has 0 radical (unpaired) electrons. The van der Waals surface area contributed by atoms with E-state index in [9.17, 15) is 19.7 Å². The zero-order valence-electron chi connectivity index (χ0n) is 18.6. The maximum atomic E-state index is 13.1. The van der Waals surface area contributed by atoms with Crippen molar-refractivity contribution in [2.75, 3.05) is 13.7 Å². The summed E-state index contributed by atoms with van der Waals surface area (Å²) in [6.45, 7) is 4.18. The number of aryl methyl sites for hydroxylation is 1. The number of dihydropyridines is 1. The van der Waals surface area contributed by atoms with Crippen molar-refractivity contribution in [3.05, 3.63) is 87.3 Å². The van der Waals surface area contributed by atoms with Gasteiger partial charge in [0.15, 0.2) is 18.9 Å². The molecule has 172 valence electrons. The zero-order valence-corrected chi connectivity index (χ0v) is 18.6. The van der Waals surface area contributed by atoms with Gasteiger partial charge in [0.1, 0.15) is 0 Å². The second-order valence-corrected chi connectivity index (χ2v) is 7.45. The van der Waals surface area contributed by atoms with Crippen LogP contribution in [0.25, 0.3) is 0 Å². The lowest BCUT2D eigenvalue weighted by Gasteiger charge is -2.30. The number of carbonyl (C=O) groups excluding carboxylic acids is 2. The molecule has 0 saturated heterocycles. The molecule has 0 bridgehead atoms. The van der Waals surface area contributed by atoms with Gasteiger partial charge in [-0.15, -0.1) is 0 Å². The molecule has 1 atom stereocenters. The fourth-order valence-corrected chi connectivity index (χ4v) is 3.78. The zero-order chi connectivity index (χ0) is 24.0. The van der Waals surface area contributed by atoms with Crippen molar-refractivity contribution in [2.24, 2.45) is 0 Å². The van der Waals surface area contributed by atoms with Crippen LogP contribution in [-0.4, -0.2) is 35.6 Å². The summed E-state index contributed by atoms with van der Waals surface area (Å²) in [6.07, 6.45) is 7.53. The molecule has 10 nitrogen and oxygen atoms in total. The van der Waals surface area contributed by atoms with E-state index in [1.807, 2.05) is 17.0 Å². The first-order chi connectivity index (χ1) is 15.8. The third-order valence-corrected chi connectivity index (χ3v) is 5.28. The van der Waals surface area contributed by atoms with Crippen LogP contribution >= 0.6 is 0 Å². The molecule has 0 fully saturated rings. The van der Waals surface area contributed by atoms with E-state index < -0.39 is 22.8 Å². The maximum Gasteiger partial charge on any atom is 0.336 e. The molecule has 0 amide bonds. The average Bonchev–Trinajstić information content (AvgIpc) is 2.81. The normalized spacial score (nSPS) is 15.7. The van der Waals surface area contributed by atoms with Crippen LogP contribution < -0.4 is 9.88 Å². The Balaban J connectivity index is 1.89. The van der Waals surface area contributed by atoms with Gasteiger partial charge in [0, 0.05) is 29.9 Å². The highest BCUT2D eigenvalue weighted by molar-refractivity contribution is 5.99. The van der Waals surface area contributed by atoms with E-state index in [0.717, 1.165) is 0 Å². The van der Waals surface area contributed by atoms with Crippen molar-refractivity contribution in [1.82, 2.24) is 10.3 Å². The molecular weight excluding hydrogens is 428 g/mol. The summed E-state index contributed by atoms with van der Waals surface area (Å²) in [4.78, 5) is 40.5. The SMILES string of the molecule is COC(=O)C1=C(C)NC(C)=C(C(=O)OCCC[n+]2ccncc2)C1c1cccc([N+](=O)[O-])c1. The number of hydrogen-bond donors (Lipinski definition) is 1. The van der Waals surface area contributed by atoms with Gasteiger partial charge in [-0.3, -0.25) is 15.1 Å². The quantitative estimate of drug-likeness (QED) is 0.212. The van der Waals surface area contributed by atoms with E-state index in [1.54, 1.807) is 32.3 Å². The van der Waals surface area contributed by atoms with Crippen LogP contribution in [0.5, 0.6) is 0 Å². The smallest absolute Gasteiger partial charge is 0.336 e. The number of nitrogens with zero attached hydrogens (tertiary/aromatic N) is 3. The van der Waals surface area contributed by atoms with Gasteiger partial charge in [0.05, 0.1) is 48.1 Å². The highest BCUT2D eigenvalue weighted by Gasteiger charge is 2.38. The van der Waals surface area contributed by atoms with Gasteiger partial charge in [0.2, 0.25) is 0 Å². The van der Waals surface area contributed by atoms with Crippen molar-refractivity contribution in [3.63, 3.8) is 0 Å². The first-order valence-electron chi connectivity index (χ1n) is 10.3.